The quantitative estimate of drug-likeness (QED) is 0.0757. The summed E-state index contributed by atoms with van der Waals surface area (Å²) >= 11 is 0. The van der Waals surface area contributed by atoms with Gasteiger partial charge in [-0.25, -0.2) is 4.98 Å². The Balaban J connectivity index is 1.000. The molecule has 0 N–H and O–H groups in total. The Kier molecular flexibility index (Phi) is 17.1. The van der Waals surface area contributed by atoms with Crippen molar-refractivity contribution in [3.63, 3.8) is 0 Å². The minimum absolute atomic E-state index is 0.0988. The molecule has 0 fully saturated rings. The highest BCUT2D eigenvalue weighted by atomic mass is 28.3. The molecule has 0 unspecified atom stereocenters. The fourth-order valence-electron chi connectivity index (χ4n) is 17.0. The maximum Gasteiger partial charge on any atom is 0.237 e. The Morgan fingerprint density at radius 2 is 0.519 bits per heavy atom. The fraction of sp³-hybridized carbons (Fsp3) is 0.0784. The largest absolute Gasteiger partial charge is 0.294 e. The molecule has 3 aromatic heterocycles. The lowest BCUT2D eigenvalue weighted by Crippen LogP contribution is -2.78. The third kappa shape index (κ3) is 11.9. The molecule has 0 aliphatic heterocycles. The first-order valence-corrected chi connectivity index (χ1v) is 41.7. The Morgan fingerprint density at radius 3 is 0.907 bits per heavy atom. The highest BCUT2D eigenvalue weighted by molar-refractivity contribution is 7.22. The van der Waals surface area contributed by atoms with Crippen LogP contribution >= 0.6 is 0 Å². The van der Waals surface area contributed by atoms with Crippen LogP contribution in [0.15, 0.2) is 388 Å². The average molecular weight is 1420 g/mol. The second kappa shape index (κ2) is 27.4. The number of nitrogens with zero attached hydrogens (tertiary/aromatic N) is 4. The lowest BCUT2D eigenvalue weighted by Gasteiger charge is -2.38. The Bertz CT molecular complexity index is 5940. The highest BCUT2D eigenvalue weighted by Gasteiger charge is 2.47. The lowest BCUT2D eigenvalue weighted by molar-refractivity contribution is 0.590. The molecule has 6 heteroatoms. The fourth-order valence-corrected chi connectivity index (χ4v) is 26.8. The summed E-state index contributed by atoms with van der Waals surface area (Å²) in [6, 6.07) is 146. The summed E-state index contributed by atoms with van der Waals surface area (Å²) in [5.74, 6) is 1.36. The van der Waals surface area contributed by atoms with Gasteiger partial charge in [-0.05, 0) is 156 Å². The number of para-hydroxylation sites is 2. The Hall–Kier alpha value is -12.6. The molecule has 518 valence electrons. The van der Waals surface area contributed by atoms with Gasteiger partial charge < -0.3 is 0 Å². The predicted molar refractivity (Wildman–Crippen MR) is 463 cm³/mol. The zero-order valence-corrected chi connectivity index (χ0v) is 63.7. The number of benzene rings is 15. The second-order valence-electron chi connectivity index (χ2n) is 30.9. The first kappa shape index (κ1) is 67.3. The molecular weight excluding hydrogens is 1340 g/mol. The number of fused-ring (bicyclic) bond motifs is 6. The van der Waals surface area contributed by atoms with Gasteiger partial charge >= 0.3 is 0 Å². The van der Waals surface area contributed by atoms with Crippen molar-refractivity contribution in [2.75, 3.05) is 0 Å². The van der Waals surface area contributed by atoms with Crippen molar-refractivity contribution in [3.8, 4) is 67.5 Å². The molecule has 3 heterocycles. The van der Waals surface area contributed by atoms with Gasteiger partial charge in [-0.15, -0.1) is 0 Å². The molecule has 0 aliphatic rings. The normalized spacial score (nSPS) is 12.2. The molecule has 0 atom stereocenters. The molecule has 18 rings (SSSR count). The summed E-state index contributed by atoms with van der Waals surface area (Å²) in [4.78, 5) is 12.1. The molecule has 15 aromatic carbocycles. The van der Waals surface area contributed by atoms with Gasteiger partial charge in [0, 0.05) is 33.2 Å². The number of hydrogen-bond donors (Lipinski definition) is 0. The predicted octanol–water partition coefficient (Wildman–Crippen LogP) is 20.4. The summed E-state index contributed by atoms with van der Waals surface area (Å²) in [5, 5.41) is 14.7. The van der Waals surface area contributed by atoms with Crippen LogP contribution in [0.4, 0.5) is 0 Å². The van der Waals surface area contributed by atoms with E-state index in [4.69, 9.17) is 9.97 Å². The van der Waals surface area contributed by atoms with Gasteiger partial charge in [-0.1, -0.05) is 375 Å². The van der Waals surface area contributed by atoms with E-state index in [0.717, 1.165) is 72.2 Å². The zero-order valence-electron chi connectivity index (χ0n) is 61.7. The Labute approximate surface area is 635 Å². The molecular formula is C102H82N4Si2. The molecule has 0 bridgehead atoms. The lowest BCUT2D eigenvalue weighted by atomic mass is 9.85. The summed E-state index contributed by atoms with van der Waals surface area (Å²) < 4.78 is 4.73. The van der Waals surface area contributed by atoms with Gasteiger partial charge in [-0.2, -0.15) is 4.98 Å². The minimum Gasteiger partial charge on any atom is -0.294 e. The number of aromatic nitrogens is 4. The van der Waals surface area contributed by atoms with Gasteiger partial charge in [0.15, 0.2) is 16.1 Å². The second-order valence-corrected chi connectivity index (χ2v) is 38.5. The van der Waals surface area contributed by atoms with Gasteiger partial charge in [0.2, 0.25) is 5.95 Å². The molecule has 4 nitrogen and oxygen atoms in total. The van der Waals surface area contributed by atoms with E-state index in [2.05, 4.69) is 439 Å². The van der Waals surface area contributed by atoms with Crippen molar-refractivity contribution in [1.82, 2.24) is 19.1 Å². The smallest absolute Gasteiger partial charge is 0.237 e. The van der Waals surface area contributed by atoms with E-state index >= 15 is 0 Å². The van der Waals surface area contributed by atoms with E-state index in [1.54, 1.807) is 0 Å². The van der Waals surface area contributed by atoms with Gasteiger partial charge in [0.05, 0.1) is 27.8 Å². The molecule has 0 aliphatic carbocycles. The maximum absolute atomic E-state index is 6.14. The number of rotatable bonds is 15. The van der Waals surface area contributed by atoms with Crippen molar-refractivity contribution in [2.24, 2.45) is 0 Å². The van der Waals surface area contributed by atoms with Crippen molar-refractivity contribution in [3.05, 3.63) is 399 Å². The molecule has 0 saturated carbocycles. The average Bonchev–Trinajstić information content (AvgIpc) is 1.09. The van der Waals surface area contributed by atoms with Crippen LogP contribution in [0.1, 0.15) is 52.7 Å². The van der Waals surface area contributed by atoms with E-state index in [-0.39, 0.29) is 10.8 Å². The van der Waals surface area contributed by atoms with E-state index in [1.807, 2.05) is 0 Å². The van der Waals surface area contributed by atoms with Crippen LogP contribution in [-0.2, 0) is 10.8 Å². The summed E-state index contributed by atoms with van der Waals surface area (Å²) in [5.41, 5.74) is 17.7. The van der Waals surface area contributed by atoms with Crippen molar-refractivity contribution in [2.45, 2.75) is 52.4 Å². The van der Waals surface area contributed by atoms with E-state index in [9.17, 15) is 0 Å². The minimum atomic E-state index is -3.57. The first-order valence-electron chi connectivity index (χ1n) is 37.7. The molecule has 0 amide bonds. The molecule has 0 spiro atoms. The highest BCUT2D eigenvalue weighted by Crippen LogP contribution is 2.40. The zero-order chi connectivity index (χ0) is 73.1. The van der Waals surface area contributed by atoms with Crippen LogP contribution in [0.2, 0.25) is 0 Å². The van der Waals surface area contributed by atoms with Crippen LogP contribution in [-0.4, -0.2) is 35.2 Å². The molecule has 0 saturated heterocycles. The van der Waals surface area contributed by atoms with Gasteiger partial charge in [-0.3, -0.25) is 9.13 Å². The van der Waals surface area contributed by atoms with Crippen molar-refractivity contribution in [1.29, 1.82) is 0 Å². The summed E-state index contributed by atoms with van der Waals surface area (Å²) in [7, 11) is -7.15. The van der Waals surface area contributed by atoms with E-state index in [0.29, 0.717) is 5.95 Å². The SMILES string of the molecule is CC(C)(C)c1ccc2c(c1)c1cc(C(C)(C)C)ccc1n2-c1cc(-c2cc([Si](c3ccccc3)(c3ccccc3)c3cccc(-c4cccc(-c5ccccc5)c4)c3)cc([Si](c3ccccc3)(c3ccccc3)c3cccc(-c4cccc(-c5ccccc5)c4)c3)c2)nc(-n2c3ccccc3c3ccccc32)n1. The summed E-state index contributed by atoms with van der Waals surface area (Å²) in [6.07, 6.45) is 0. The van der Waals surface area contributed by atoms with E-state index in [1.165, 1.54) is 85.6 Å². The van der Waals surface area contributed by atoms with E-state index < -0.39 is 16.1 Å². The van der Waals surface area contributed by atoms with Crippen LogP contribution in [0, 0.1) is 0 Å². The van der Waals surface area contributed by atoms with Gasteiger partial charge in [0.25, 0.3) is 0 Å². The van der Waals surface area contributed by atoms with Crippen LogP contribution in [0.25, 0.3) is 111 Å². The number of hydrogen-bond acceptors (Lipinski definition) is 2. The summed E-state index contributed by atoms with van der Waals surface area (Å²) in [6.45, 7) is 13.9. The maximum atomic E-state index is 6.14. The topological polar surface area (TPSA) is 35.6 Å². The van der Waals surface area contributed by atoms with Crippen molar-refractivity contribution >= 4 is 101 Å². The first-order chi connectivity index (χ1) is 52.8. The monoisotopic (exact) mass is 1420 g/mol. The Morgan fingerprint density at radius 1 is 0.213 bits per heavy atom. The molecule has 0 radical (unpaired) electrons. The van der Waals surface area contributed by atoms with Crippen LogP contribution in [0.5, 0.6) is 0 Å². The van der Waals surface area contributed by atoms with Crippen LogP contribution < -0.4 is 41.5 Å². The molecule has 108 heavy (non-hydrogen) atoms. The molecule has 18 aromatic rings. The standard InChI is InChI=1S/C102H82N4Si2/c1-101(2,3)80-57-59-97-92(67-80)93-68-81(102(4,5)6)58-60-98(93)105(97)99-70-94(103-100(104-99)106-95-55-27-25-53-90(95)91-54-26-28-56-96(91)106)79-65-88(107(82-43-17-9-18-44-82,83-45-19-10-20-46-83)86-51-31-41-77(63-86)75-39-29-37-73(61-75)71-33-13-7-14-34-71)69-89(66-79)108(84-47-21-11-22-48-84,85-49-23-12-24-50-85)87-52-32-42-78(64-87)76-40-30-38-74(62-76)72-35-15-8-16-36-72/h7-70H,1-6H3. The third-order valence-corrected chi connectivity index (χ3v) is 31.8. The third-order valence-electron chi connectivity index (χ3n) is 22.3. The van der Waals surface area contributed by atoms with Crippen LogP contribution in [0.3, 0.4) is 0 Å². The van der Waals surface area contributed by atoms with Crippen molar-refractivity contribution < 1.29 is 0 Å². The van der Waals surface area contributed by atoms with Gasteiger partial charge in [0.1, 0.15) is 5.82 Å².